The summed E-state index contributed by atoms with van der Waals surface area (Å²) in [5.74, 6) is -0.269. The zero-order valence-corrected chi connectivity index (χ0v) is 22.9. The third-order valence-corrected chi connectivity index (χ3v) is 7.50. The van der Waals surface area contributed by atoms with E-state index in [9.17, 15) is 18.8 Å². The van der Waals surface area contributed by atoms with E-state index in [4.69, 9.17) is 4.74 Å². The lowest BCUT2D eigenvalue weighted by Gasteiger charge is -2.31. The molecule has 2 aliphatic rings. The number of halogens is 1. The lowest BCUT2D eigenvalue weighted by Crippen LogP contribution is -2.57. The van der Waals surface area contributed by atoms with E-state index in [2.05, 4.69) is 16.0 Å². The molecular formula is C30H39FN4O4. The summed E-state index contributed by atoms with van der Waals surface area (Å²) in [6.45, 7) is 4.53. The summed E-state index contributed by atoms with van der Waals surface area (Å²) in [5.41, 5.74) is 1.76. The summed E-state index contributed by atoms with van der Waals surface area (Å²) >= 11 is 0. The fraction of sp³-hybridized carbons (Fsp3) is 0.500. The van der Waals surface area contributed by atoms with Crippen molar-refractivity contribution < 1.29 is 23.5 Å². The Bertz CT molecular complexity index is 1150. The van der Waals surface area contributed by atoms with Crippen LogP contribution in [0.3, 0.4) is 0 Å². The van der Waals surface area contributed by atoms with Crippen LogP contribution in [0.25, 0.3) is 0 Å². The number of hydrogen-bond acceptors (Lipinski definition) is 5. The maximum atomic E-state index is 13.5. The summed E-state index contributed by atoms with van der Waals surface area (Å²) in [5, 5.41) is 9.17. The van der Waals surface area contributed by atoms with Crippen LogP contribution in [-0.2, 0) is 27.2 Å². The largest absolute Gasteiger partial charge is 0.489 e. The molecule has 0 aromatic heterocycles. The molecule has 2 unspecified atom stereocenters. The SMILES string of the molecule is CC1CN[C@@H](C2CC2)C(=O)N(C)[C@H](C)C(=O)NC(Cc2ccc(F)cc2)C(=O)NCCCc2ccccc2O1. The lowest BCUT2D eigenvalue weighted by atomic mass is 10.0. The van der Waals surface area contributed by atoms with Crippen LogP contribution in [0.2, 0.25) is 0 Å². The van der Waals surface area contributed by atoms with Crippen LogP contribution in [0.4, 0.5) is 4.39 Å². The molecule has 1 aliphatic heterocycles. The van der Waals surface area contributed by atoms with Crippen LogP contribution in [0.15, 0.2) is 48.5 Å². The molecule has 4 rings (SSSR count). The van der Waals surface area contributed by atoms with Crippen LogP contribution < -0.4 is 20.7 Å². The Labute approximate surface area is 229 Å². The Balaban J connectivity index is 1.56. The van der Waals surface area contributed by atoms with Crippen molar-refractivity contribution in [3.05, 3.63) is 65.5 Å². The van der Waals surface area contributed by atoms with Crippen LogP contribution in [0.1, 0.15) is 44.2 Å². The summed E-state index contributed by atoms with van der Waals surface area (Å²) in [6, 6.07) is 11.6. The summed E-state index contributed by atoms with van der Waals surface area (Å²) in [4.78, 5) is 41.4. The highest BCUT2D eigenvalue weighted by molar-refractivity contribution is 5.93. The van der Waals surface area contributed by atoms with Crippen molar-refractivity contribution in [2.45, 2.75) is 70.2 Å². The second-order valence-electron chi connectivity index (χ2n) is 10.7. The standard InChI is InChI=1S/C30H39FN4O4/c1-19-18-33-27(23-12-13-23)30(38)35(3)20(2)28(36)34-25(17-21-10-14-24(31)15-11-21)29(37)32-16-6-8-22-7-4-5-9-26(22)39-19/h4-5,7,9-11,14-15,19-20,23,25,27,33H,6,8,12-13,16-18H2,1-3H3,(H,32,37)(H,34,36)/t19?,20-,25?,27+/m1/s1. The van der Waals surface area contributed by atoms with Crippen LogP contribution in [0.5, 0.6) is 5.75 Å². The molecule has 3 amide bonds. The average Bonchev–Trinajstić information content (AvgIpc) is 3.76. The predicted molar refractivity (Wildman–Crippen MR) is 147 cm³/mol. The third-order valence-electron chi connectivity index (χ3n) is 7.50. The van der Waals surface area contributed by atoms with Gasteiger partial charge in [-0.2, -0.15) is 0 Å². The molecule has 39 heavy (non-hydrogen) atoms. The van der Waals surface area contributed by atoms with Gasteiger partial charge in [-0.1, -0.05) is 30.3 Å². The van der Waals surface area contributed by atoms with E-state index >= 15 is 0 Å². The number of hydrogen-bond donors (Lipinski definition) is 3. The number of nitrogens with zero attached hydrogens (tertiary/aromatic N) is 1. The van der Waals surface area contributed by atoms with Gasteiger partial charge in [0.1, 0.15) is 29.8 Å². The van der Waals surface area contributed by atoms with Crippen molar-refractivity contribution >= 4 is 17.7 Å². The second kappa shape index (κ2) is 13.1. The minimum atomic E-state index is -0.873. The molecule has 3 N–H and O–H groups in total. The van der Waals surface area contributed by atoms with Gasteiger partial charge in [-0.05, 0) is 74.8 Å². The first-order chi connectivity index (χ1) is 18.7. The highest BCUT2D eigenvalue weighted by Crippen LogP contribution is 2.33. The highest BCUT2D eigenvalue weighted by atomic mass is 19.1. The molecule has 1 fully saturated rings. The minimum absolute atomic E-state index is 0.159. The zero-order valence-electron chi connectivity index (χ0n) is 22.9. The van der Waals surface area contributed by atoms with Gasteiger partial charge in [0.15, 0.2) is 0 Å². The van der Waals surface area contributed by atoms with Crippen molar-refractivity contribution in [3.63, 3.8) is 0 Å². The smallest absolute Gasteiger partial charge is 0.243 e. The van der Waals surface area contributed by atoms with E-state index < -0.39 is 24.0 Å². The number of amides is 3. The molecule has 0 saturated heterocycles. The Kier molecular flexibility index (Phi) is 9.56. The van der Waals surface area contributed by atoms with Gasteiger partial charge >= 0.3 is 0 Å². The second-order valence-corrected chi connectivity index (χ2v) is 10.7. The Morgan fingerprint density at radius 2 is 1.72 bits per heavy atom. The molecule has 0 bridgehead atoms. The van der Waals surface area contributed by atoms with Gasteiger partial charge in [0, 0.05) is 26.6 Å². The molecule has 0 radical (unpaired) electrons. The van der Waals surface area contributed by atoms with Crippen LogP contribution in [0, 0.1) is 11.7 Å². The predicted octanol–water partition coefficient (Wildman–Crippen LogP) is 2.60. The van der Waals surface area contributed by atoms with E-state index in [0.717, 1.165) is 24.2 Å². The topological polar surface area (TPSA) is 99.8 Å². The quantitative estimate of drug-likeness (QED) is 0.558. The van der Waals surface area contributed by atoms with Crippen molar-refractivity contribution in [1.29, 1.82) is 0 Å². The Morgan fingerprint density at radius 1 is 1.00 bits per heavy atom. The van der Waals surface area contributed by atoms with Crippen LogP contribution >= 0.6 is 0 Å². The first-order valence-electron chi connectivity index (χ1n) is 13.8. The van der Waals surface area contributed by atoms with Gasteiger partial charge in [0.2, 0.25) is 17.7 Å². The van der Waals surface area contributed by atoms with Gasteiger partial charge in [-0.3, -0.25) is 14.4 Å². The molecule has 0 spiro atoms. The van der Waals surface area contributed by atoms with Crippen molar-refractivity contribution in [2.24, 2.45) is 5.92 Å². The molecule has 1 aliphatic carbocycles. The molecular weight excluding hydrogens is 499 g/mol. The molecule has 210 valence electrons. The molecule has 1 heterocycles. The average molecular weight is 539 g/mol. The van der Waals surface area contributed by atoms with E-state index in [1.807, 2.05) is 31.2 Å². The molecule has 8 nitrogen and oxygen atoms in total. The van der Waals surface area contributed by atoms with Crippen molar-refractivity contribution in [2.75, 3.05) is 20.1 Å². The number of likely N-dealkylation sites (N-methyl/N-ethyl adjacent to an activating group) is 1. The number of carbonyl (C=O) groups excluding carboxylic acids is 3. The number of fused-ring (bicyclic) bond motifs is 1. The van der Waals surface area contributed by atoms with Gasteiger partial charge in [-0.25, -0.2) is 4.39 Å². The normalized spacial score (nSPS) is 25.9. The number of nitrogens with one attached hydrogen (secondary N) is 3. The van der Waals surface area contributed by atoms with E-state index in [1.165, 1.54) is 17.0 Å². The lowest BCUT2D eigenvalue weighted by molar-refractivity contribution is -0.141. The van der Waals surface area contributed by atoms with E-state index in [0.29, 0.717) is 31.5 Å². The number of benzene rings is 2. The van der Waals surface area contributed by atoms with E-state index in [1.54, 1.807) is 26.1 Å². The fourth-order valence-corrected chi connectivity index (χ4v) is 4.82. The maximum Gasteiger partial charge on any atom is 0.243 e. The van der Waals surface area contributed by atoms with Crippen molar-refractivity contribution in [1.82, 2.24) is 20.9 Å². The summed E-state index contributed by atoms with van der Waals surface area (Å²) in [6.07, 6.45) is 3.33. The maximum absolute atomic E-state index is 13.5. The Hall–Kier alpha value is -3.46. The molecule has 2 aromatic carbocycles. The van der Waals surface area contributed by atoms with Gasteiger partial charge < -0.3 is 25.6 Å². The number of aryl methyl sites for hydroxylation is 1. The minimum Gasteiger partial charge on any atom is -0.489 e. The van der Waals surface area contributed by atoms with Gasteiger partial charge in [-0.15, -0.1) is 0 Å². The molecule has 1 saturated carbocycles. The van der Waals surface area contributed by atoms with Gasteiger partial charge in [0.25, 0.3) is 0 Å². The van der Waals surface area contributed by atoms with Gasteiger partial charge in [0.05, 0.1) is 6.04 Å². The fourth-order valence-electron chi connectivity index (χ4n) is 4.82. The third kappa shape index (κ3) is 7.79. The summed E-state index contributed by atoms with van der Waals surface area (Å²) < 4.78 is 19.7. The molecule has 9 heteroatoms. The number of carbonyl (C=O) groups is 3. The summed E-state index contributed by atoms with van der Waals surface area (Å²) in [7, 11) is 1.62. The molecule has 2 aromatic rings. The first kappa shape index (κ1) is 28.5. The van der Waals surface area contributed by atoms with Crippen molar-refractivity contribution in [3.8, 4) is 5.75 Å². The van der Waals surface area contributed by atoms with Crippen LogP contribution in [-0.4, -0.2) is 67.0 Å². The number of ether oxygens (including phenoxy) is 1. The first-order valence-corrected chi connectivity index (χ1v) is 13.8. The number of rotatable bonds is 3. The monoisotopic (exact) mass is 538 g/mol. The Morgan fingerprint density at radius 3 is 2.44 bits per heavy atom. The van der Waals surface area contributed by atoms with E-state index in [-0.39, 0.29) is 36.1 Å². The molecule has 4 atom stereocenters. The number of para-hydroxylation sites is 1. The highest BCUT2D eigenvalue weighted by Gasteiger charge is 2.39. The zero-order chi connectivity index (χ0) is 27.9.